The second kappa shape index (κ2) is 18.7. The molecule has 0 spiro atoms. The van der Waals surface area contributed by atoms with Crippen LogP contribution in [0.4, 0.5) is 0 Å². The van der Waals surface area contributed by atoms with Crippen LogP contribution in [0.5, 0.6) is 0 Å². The van der Waals surface area contributed by atoms with E-state index in [1.807, 2.05) is 0 Å². The van der Waals surface area contributed by atoms with Gasteiger partial charge in [-0.15, -0.1) is 0 Å². The Morgan fingerprint density at radius 2 is 0.382 bits per heavy atom. The molecule has 0 saturated carbocycles. The molecule has 0 bridgehead atoms. The normalized spacial score (nSPS) is 10.5. The summed E-state index contributed by atoms with van der Waals surface area (Å²) in [6.07, 6.45) is 1.73. The first-order chi connectivity index (χ1) is 16.1. The van der Waals surface area contributed by atoms with Gasteiger partial charge >= 0.3 is 0 Å². The molecule has 0 aromatic rings. The van der Waals surface area contributed by atoms with E-state index in [-0.39, 0.29) is 136 Å². The maximum Gasteiger partial charge on any atom is 0.133 e. The van der Waals surface area contributed by atoms with Crippen LogP contribution in [0.15, 0.2) is 0 Å². The van der Waals surface area contributed by atoms with Crippen LogP contribution in [0.1, 0.15) is 117 Å². The molecular weight excluding hydrogens is 440 g/mol. The number of hydrogen-bond donors (Lipinski definition) is 0. The minimum Gasteiger partial charge on any atom is -0.300 e. The van der Waals surface area contributed by atoms with E-state index < -0.39 is 0 Å². The number of ketones is 8. The largest absolute Gasteiger partial charge is 0.300 e. The molecule has 8 heteroatoms. The maximum atomic E-state index is 11.9. The number of hydrogen-bond acceptors (Lipinski definition) is 8. The van der Waals surface area contributed by atoms with Crippen molar-refractivity contribution in [2.45, 2.75) is 117 Å². The van der Waals surface area contributed by atoms with Crippen molar-refractivity contribution in [1.29, 1.82) is 0 Å². The van der Waals surface area contributed by atoms with E-state index in [1.54, 1.807) is 13.8 Å². The Hall–Kier alpha value is -2.64. The van der Waals surface area contributed by atoms with Gasteiger partial charge in [0.2, 0.25) is 0 Å². The van der Waals surface area contributed by atoms with E-state index >= 15 is 0 Å². The topological polar surface area (TPSA) is 137 Å². The fourth-order valence-corrected chi connectivity index (χ4v) is 3.06. The summed E-state index contributed by atoms with van der Waals surface area (Å²) in [5, 5.41) is 0. The average Bonchev–Trinajstić information content (AvgIpc) is 2.83. The van der Waals surface area contributed by atoms with E-state index in [0.717, 1.165) is 0 Å². The minimum absolute atomic E-state index is 0.00229. The third-order valence-electron chi connectivity index (χ3n) is 5.57. The quantitative estimate of drug-likeness (QED) is 0.216. The Morgan fingerprint density at radius 1 is 0.265 bits per heavy atom. The van der Waals surface area contributed by atoms with Gasteiger partial charge in [0, 0.05) is 103 Å². The van der Waals surface area contributed by atoms with Gasteiger partial charge in [0.25, 0.3) is 0 Å². The molecule has 0 atom stereocenters. The van der Waals surface area contributed by atoms with E-state index in [2.05, 4.69) is 0 Å². The van der Waals surface area contributed by atoms with Gasteiger partial charge in [0.05, 0.1) is 0 Å². The molecule has 0 radical (unpaired) electrons. The summed E-state index contributed by atoms with van der Waals surface area (Å²) in [4.78, 5) is 93.2. The highest BCUT2D eigenvalue weighted by atomic mass is 16.2. The maximum absolute atomic E-state index is 11.9. The van der Waals surface area contributed by atoms with Gasteiger partial charge < -0.3 is 0 Å². The molecule has 0 aromatic heterocycles. The van der Waals surface area contributed by atoms with Gasteiger partial charge in [-0.3, -0.25) is 38.4 Å². The molecule has 0 fully saturated rings. The predicted molar refractivity (Wildman–Crippen MR) is 125 cm³/mol. The summed E-state index contributed by atoms with van der Waals surface area (Å²) in [5.74, 6) is -1.11. The molecule has 8 nitrogen and oxygen atoms in total. The second-order valence-corrected chi connectivity index (χ2v) is 8.52. The third kappa shape index (κ3) is 17.9. The molecule has 190 valence electrons. The van der Waals surface area contributed by atoms with Crippen LogP contribution in [0.3, 0.4) is 0 Å². The number of carbonyl (C=O) groups is 8. The summed E-state index contributed by atoms with van der Waals surface area (Å²) in [6, 6.07) is 0. The SMILES string of the molecule is CCC(=O)CCC(=O)CCC(=O)CCC(=O)CCC(=O)CCC(=O)CCC(=O)CCC(=O)CC. The van der Waals surface area contributed by atoms with Crippen LogP contribution in [-0.4, -0.2) is 46.3 Å². The molecule has 0 amide bonds. The van der Waals surface area contributed by atoms with Crippen molar-refractivity contribution in [1.82, 2.24) is 0 Å². The lowest BCUT2D eigenvalue weighted by molar-refractivity contribution is -0.128. The highest BCUT2D eigenvalue weighted by molar-refractivity contribution is 5.93. The molecule has 34 heavy (non-hydrogen) atoms. The fourth-order valence-electron chi connectivity index (χ4n) is 3.06. The van der Waals surface area contributed by atoms with Gasteiger partial charge in [-0.25, -0.2) is 0 Å². The number of rotatable bonds is 23. The Morgan fingerprint density at radius 3 is 0.500 bits per heavy atom. The smallest absolute Gasteiger partial charge is 0.133 e. The lowest BCUT2D eigenvalue weighted by Crippen LogP contribution is -2.10. The summed E-state index contributed by atoms with van der Waals surface area (Å²) in [5.41, 5.74) is 0. The van der Waals surface area contributed by atoms with E-state index in [9.17, 15) is 38.4 Å². The summed E-state index contributed by atoms with van der Waals surface area (Å²) >= 11 is 0. The third-order valence-corrected chi connectivity index (χ3v) is 5.57. The first-order valence-electron chi connectivity index (χ1n) is 12.2. The van der Waals surface area contributed by atoms with Crippen molar-refractivity contribution in [2.75, 3.05) is 0 Å². The zero-order valence-corrected chi connectivity index (χ0v) is 20.6. The van der Waals surface area contributed by atoms with Crippen LogP contribution in [0.25, 0.3) is 0 Å². The Kier molecular flexibility index (Phi) is 17.3. The average molecular weight is 479 g/mol. The van der Waals surface area contributed by atoms with E-state index in [4.69, 9.17) is 0 Å². The first-order valence-corrected chi connectivity index (χ1v) is 12.2. The van der Waals surface area contributed by atoms with Crippen LogP contribution < -0.4 is 0 Å². The van der Waals surface area contributed by atoms with Gasteiger partial charge in [-0.05, 0) is 0 Å². The van der Waals surface area contributed by atoms with Crippen molar-refractivity contribution in [2.24, 2.45) is 0 Å². The predicted octanol–water partition coefficient (Wildman–Crippen LogP) is 3.82. The first kappa shape index (κ1) is 31.4. The van der Waals surface area contributed by atoms with Crippen molar-refractivity contribution >= 4 is 46.3 Å². The Balaban J connectivity index is 3.91. The van der Waals surface area contributed by atoms with Crippen LogP contribution in [-0.2, 0) is 38.4 Å². The van der Waals surface area contributed by atoms with Gasteiger partial charge in [0.1, 0.15) is 46.3 Å². The van der Waals surface area contributed by atoms with Crippen molar-refractivity contribution < 1.29 is 38.4 Å². The molecule has 0 aromatic carbocycles. The molecule has 0 N–H and O–H groups in total. The second-order valence-electron chi connectivity index (χ2n) is 8.52. The molecule has 0 aliphatic carbocycles. The van der Waals surface area contributed by atoms with Crippen molar-refractivity contribution in [3.8, 4) is 0 Å². The Labute approximate surface area is 201 Å². The minimum atomic E-state index is -0.222. The Bertz CT molecular complexity index is 699. The van der Waals surface area contributed by atoms with Crippen LogP contribution >= 0.6 is 0 Å². The standard InChI is InChI=1S/C26H38O8/c1-3-19(27)5-7-21(29)9-11-23(31)13-15-25(33)17-18-26(34)16-14-24(32)12-10-22(30)8-6-20(28)4-2/h3-18H2,1-2H3. The highest BCUT2D eigenvalue weighted by Crippen LogP contribution is 2.09. The van der Waals surface area contributed by atoms with E-state index in [0.29, 0.717) is 12.8 Å². The van der Waals surface area contributed by atoms with Gasteiger partial charge in [-0.2, -0.15) is 0 Å². The molecule has 0 unspecified atom stereocenters. The van der Waals surface area contributed by atoms with Gasteiger partial charge in [0.15, 0.2) is 0 Å². The molecule has 0 aliphatic rings. The van der Waals surface area contributed by atoms with Gasteiger partial charge in [-0.1, -0.05) is 13.8 Å². The summed E-state index contributed by atoms with van der Waals surface area (Å²) in [7, 11) is 0. The summed E-state index contributed by atoms with van der Waals surface area (Å²) < 4.78 is 0. The van der Waals surface area contributed by atoms with E-state index in [1.165, 1.54) is 0 Å². The molecule has 0 aliphatic heterocycles. The summed E-state index contributed by atoms with van der Waals surface area (Å²) in [6.45, 7) is 3.46. The molecule has 0 rings (SSSR count). The zero-order valence-electron chi connectivity index (χ0n) is 20.6. The highest BCUT2D eigenvalue weighted by Gasteiger charge is 2.14. The fraction of sp³-hybridized carbons (Fsp3) is 0.692. The lowest BCUT2D eigenvalue weighted by atomic mass is 10.00. The van der Waals surface area contributed by atoms with Crippen LogP contribution in [0.2, 0.25) is 0 Å². The molecule has 0 heterocycles. The lowest BCUT2D eigenvalue weighted by Gasteiger charge is -2.03. The molecule has 0 saturated heterocycles. The molecular formula is C26H38O8. The van der Waals surface area contributed by atoms with Crippen molar-refractivity contribution in [3.05, 3.63) is 0 Å². The number of carbonyl (C=O) groups excluding carboxylic acids is 8. The number of Topliss-reactive ketones (excluding diaryl/α,β-unsaturated/α-hetero) is 8. The van der Waals surface area contributed by atoms with Crippen molar-refractivity contribution in [3.63, 3.8) is 0 Å². The monoisotopic (exact) mass is 478 g/mol. The zero-order chi connectivity index (χ0) is 25.9. The van der Waals surface area contributed by atoms with Crippen LogP contribution in [0, 0.1) is 0 Å².